The lowest BCUT2D eigenvalue weighted by Gasteiger charge is -2.43. The molecular weight excluding hydrogens is 344 g/mol. The number of hydrogen-bond donors (Lipinski definition) is 1. The van der Waals surface area contributed by atoms with Crippen LogP contribution in [0.5, 0.6) is 0 Å². The lowest BCUT2D eigenvalue weighted by atomic mass is 9.96. The van der Waals surface area contributed by atoms with E-state index in [2.05, 4.69) is 17.0 Å². The minimum absolute atomic E-state index is 0.101. The lowest BCUT2D eigenvalue weighted by Crippen LogP contribution is -2.52. The third kappa shape index (κ3) is 4.08. The normalized spacial score (nSPS) is 24.9. The van der Waals surface area contributed by atoms with Gasteiger partial charge in [0, 0.05) is 26.2 Å². The number of morpholine rings is 1. The summed E-state index contributed by atoms with van der Waals surface area (Å²) in [5, 5.41) is 9.76. The molecule has 0 spiro atoms. The first-order chi connectivity index (χ1) is 13.2. The monoisotopic (exact) mass is 370 g/mol. The fraction of sp³-hybridized carbons (Fsp3) is 0.476. The summed E-state index contributed by atoms with van der Waals surface area (Å²) < 4.78 is 11.5. The Balaban J connectivity index is 1.58. The molecular formula is C21H26N2O4. The molecule has 1 aromatic heterocycles. The van der Waals surface area contributed by atoms with Crippen LogP contribution in [0.4, 0.5) is 0 Å². The van der Waals surface area contributed by atoms with Crippen molar-refractivity contribution < 1.29 is 19.1 Å². The number of piperidine rings is 1. The van der Waals surface area contributed by atoms with Crippen LogP contribution in [0.3, 0.4) is 0 Å². The van der Waals surface area contributed by atoms with Crippen molar-refractivity contribution in [2.24, 2.45) is 0 Å². The molecule has 0 aliphatic carbocycles. The van der Waals surface area contributed by atoms with Gasteiger partial charge in [-0.25, -0.2) is 0 Å². The van der Waals surface area contributed by atoms with Gasteiger partial charge >= 0.3 is 0 Å². The first kappa shape index (κ1) is 18.2. The van der Waals surface area contributed by atoms with E-state index in [-0.39, 0.29) is 24.2 Å². The lowest BCUT2D eigenvalue weighted by molar-refractivity contribution is -0.0776. The standard InChI is InChI=1S/C21H26N2O4/c24-17-8-10-22(11-9-17)15-19-20(16-5-2-1-3-6-16)23(12-14-27-19)21(25)18-7-4-13-26-18/h1-7,13,17,19-20,24H,8-12,14-15H2/t19-,20-/m0/s1. The molecule has 2 atom stereocenters. The van der Waals surface area contributed by atoms with Crippen LogP contribution >= 0.6 is 0 Å². The SMILES string of the molecule is O=C(c1ccco1)N1CCO[C@@H](CN2CCC(O)CC2)[C@@H]1c1ccccc1. The second kappa shape index (κ2) is 8.25. The van der Waals surface area contributed by atoms with Gasteiger partial charge in [0.1, 0.15) is 0 Å². The number of likely N-dealkylation sites (tertiary alicyclic amines) is 1. The summed E-state index contributed by atoms with van der Waals surface area (Å²) in [7, 11) is 0. The molecule has 0 saturated carbocycles. The fourth-order valence-electron chi connectivity index (χ4n) is 4.06. The maximum absolute atomic E-state index is 13.1. The molecule has 2 saturated heterocycles. The quantitative estimate of drug-likeness (QED) is 0.895. The molecule has 1 aromatic carbocycles. The van der Waals surface area contributed by atoms with Crippen LogP contribution in [0.15, 0.2) is 53.1 Å². The Morgan fingerprint density at radius 1 is 1.07 bits per heavy atom. The van der Waals surface area contributed by atoms with Gasteiger partial charge in [0.05, 0.1) is 31.1 Å². The van der Waals surface area contributed by atoms with Crippen molar-refractivity contribution in [3.05, 3.63) is 60.1 Å². The van der Waals surface area contributed by atoms with Crippen molar-refractivity contribution in [2.75, 3.05) is 32.8 Å². The summed E-state index contributed by atoms with van der Waals surface area (Å²) in [4.78, 5) is 17.3. The Hall–Kier alpha value is -2.15. The van der Waals surface area contributed by atoms with Crippen LogP contribution in [0, 0.1) is 0 Å². The summed E-state index contributed by atoms with van der Waals surface area (Å²) in [6.07, 6.45) is 2.79. The summed E-state index contributed by atoms with van der Waals surface area (Å²) in [5.74, 6) is 0.258. The summed E-state index contributed by atoms with van der Waals surface area (Å²) >= 11 is 0. The topological polar surface area (TPSA) is 66.2 Å². The van der Waals surface area contributed by atoms with Crippen LogP contribution in [-0.4, -0.2) is 65.8 Å². The van der Waals surface area contributed by atoms with Gasteiger partial charge in [0.15, 0.2) is 5.76 Å². The van der Waals surface area contributed by atoms with Crippen molar-refractivity contribution in [1.82, 2.24) is 9.80 Å². The van der Waals surface area contributed by atoms with Gasteiger partial charge in [-0.2, -0.15) is 0 Å². The third-order valence-corrected chi connectivity index (χ3v) is 5.48. The van der Waals surface area contributed by atoms with Crippen LogP contribution in [0.25, 0.3) is 0 Å². The predicted molar refractivity (Wildman–Crippen MR) is 100 cm³/mol. The Morgan fingerprint density at radius 3 is 2.56 bits per heavy atom. The smallest absolute Gasteiger partial charge is 0.290 e. The van der Waals surface area contributed by atoms with E-state index in [9.17, 15) is 9.90 Å². The molecule has 6 heteroatoms. The molecule has 1 amide bonds. The van der Waals surface area contributed by atoms with E-state index in [4.69, 9.17) is 9.15 Å². The Kier molecular flexibility index (Phi) is 5.57. The van der Waals surface area contributed by atoms with Crippen molar-refractivity contribution in [3.8, 4) is 0 Å². The highest BCUT2D eigenvalue weighted by molar-refractivity contribution is 5.91. The highest BCUT2D eigenvalue weighted by Crippen LogP contribution is 2.32. The number of aliphatic hydroxyl groups excluding tert-OH is 1. The van der Waals surface area contributed by atoms with Crippen molar-refractivity contribution >= 4 is 5.91 Å². The second-order valence-electron chi connectivity index (χ2n) is 7.27. The van der Waals surface area contributed by atoms with Gasteiger partial charge in [0.25, 0.3) is 5.91 Å². The van der Waals surface area contributed by atoms with Gasteiger partial charge in [-0.1, -0.05) is 30.3 Å². The highest BCUT2D eigenvalue weighted by Gasteiger charge is 2.38. The number of amides is 1. The second-order valence-corrected chi connectivity index (χ2v) is 7.27. The fourth-order valence-corrected chi connectivity index (χ4v) is 4.06. The number of nitrogens with zero attached hydrogens (tertiary/aromatic N) is 2. The molecule has 2 aromatic rings. The highest BCUT2D eigenvalue weighted by atomic mass is 16.5. The van der Waals surface area contributed by atoms with E-state index in [0.717, 1.165) is 38.0 Å². The molecule has 0 unspecified atom stereocenters. The zero-order valence-corrected chi connectivity index (χ0v) is 15.4. The average Bonchev–Trinajstić information content (AvgIpc) is 3.24. The first-order valence-electron chi connectivity index (χ1n) is 9.64. The number of hydrogen-bond acceptors (Lipinski definition) is 5. The molecule has 3 heterocycles. The maximum atomic E-state index is 13.1. The van der Waals surface area contributed by atoms with Gasteiger partial charge in [-0.3, -0.25) is 4.79 Å². The van der Waals surface area contributed by atoms with Crippen LogP contribution in [0.1, 0.15) is 35.0 Å². The predicted octanol–water partition coefficient (Wildman–Crippen LogP) is 2.32. The zero-order valence-electron chi connectivity index (χ0n) is 15.4. The number of benzene rings is 1. The number of rotatable bonds is 4. The van der Waals surface area contributed by atoms with E-state index < -0.39 is 0 Å². The largest absolute Gasteiger partial charge is 0.459 e. The molecule has 144 valence electrons. The molecule has 0 radical (unpaired) electrons. The molecule has 27 heavy (non-hydrogen) atoms. The Morgan fingerprint density at radius 2 is 1.85 bits per heavy atom. The van der Waals surface area contributed by atoms with Crippen molar-refractivity contribution in [3.63, 3.8) is 0 Å². The average molecular weight is 370 g/mol. The zero-order chi connectivity index (χ0) is 18.6. The van der Waals surface area contributed by atoms with E-state index >= 15 is 0 Å². The number of aliphatic hydroxyl groups is 1. The number of carbonyl (C=O) groups excluding carboxylic acids is 1. The van der Waals surface area contributed by atoms with E-state index in [1.165, 1.54) is 6.26 Å². The molecule has 0 bridgehead atoms. The van der Waals surface area contributed by atoms with E-state index in [0.29, 0.717) is 18.9 Å². The maximum Gasteiger partial charge on any atom is 0.290 e. The molecule has 2 fully saturated rings. The van der Waals surface area contributed by atoms with Gasteiger partial charge < -0.3 is 24.1 Å². The minimum atomic E-state index is -0.199. The molecule has 4 rings (SSSR count). The van der Waals surface area contributed by atoms with Gasteiger partial charge in [-0.05, 0) is 30.5 Å². The van der Waals surface area contributed by atoms with Crippen molar-refractivity contribution in [2.45, 2.75) is 31.1 Å². The number of ether oxygens (including phenoxy) is 1. The Bertz CT molecular complexity index is 726. The van der Waals surface area contributed by atoms with Gasteiger partial charge in [0.2, 0.25) is 0 Å². The third-order valence-electron chi connectivity index (χ3n) is 5.48. The van der Waals surface area contributed by atoms with Gasteiger partial charge in [-0.15, -0.1) is 0 Å². The summed E-state index contributed by atoms with van der Waals surface area (Å²) in [5.41, 5.74) is 1.07. The van der Waals surface area contributed by atoms with E-state index in [1.54, 1.807) is 12.1 Å². The summed E-state index contributed by atoms with van der Waals surface area (Å²) in [6.45, 7) is 3.50. The molecule has 2 aliphatic heterocycles. The Labute approximate surface area is 159 Å². The molecule has 2 aliphatic rings. The van der Waals surface area contributed by atoms with Crippen LogP contribution < -0.4 is 0 Å². The molecule has 6 nitrogen and oxygen atoms in total. The number of carbonyl (C=O) groups is 1. The van der Waals surface area contributed by atoms with E-state index in [1.807, 2.05) is 23.1 Å². The summed E-state index contributed by atoms with van der Waals surface area (Å²) in [6, 6.07) is 13.4. The first-order valence-corrected chi connectivity index (χ1v) is 9.64. The molecule has 1 N–H and O–H groups in total. The minimum Gasteiger partial charge on any atom is -0.459 e. The number of furan rings is 1. The van der Waals surface area contributed by atoms with Crippen LogP contribution in [0.2, 0.25) is 0 Å². The van der Waals surface area contributed by atoms with Crippen molar-refractivity contribution in [1.29, 1.82) is 0 Å². The van der Waals surface area contributed by atoms with Crippen LogP contribution in [-0.2, 0) is 4.74 Å².